The number of nitrogens with zero attached hydrogens (tertiary/aromatic N) is 1. The van der Waals surface area contributed by atoms with Crippen LogP contribution in [0, 0.1) is 0 Å². The van der Waals surface area contributed by atoms with Crippen LogP contribution >= 0.6 is 7.82 Å². The van der Waals surface area contributed by atoms with Gasteiger partial charge in [0.1, 0.15) is 19.3 Å². The minimum Gasteiger partial charge on any atom is -0.456 e. The summed E-state index contributed by atoms with van der Waals surface area (Å²) in [5, 5.41) is 3.06. The molecule has 0 radical (unpaired) electrons. The highest BCUT2D eigenvalue weighted by Crippen LogP contribution is 2.43. The first kappa shape index (κ1) is 73.2. The van der Waals surface area contributed by atoms with Crippen molar-refractivity contribution < 1.29 is 37.3 Å². The van der Waals surface area contributed by atoms with Crippen LogP contribution < -0.4 is 5.32 Å². The predicted octanol–water partition coefficient (Wildman–Crippen LogP) is 19.9. The van der Waals surface area contributed by atoms with Crippen LogP contribution in [0.1, 0.15) is 316 Å². The Morgan fingerprint density at radius 2 is 0.853 bits per heavy atom. The Morgan fingerprint density at radius 3 is 1.27 bits per heavy atom. The van der Waals surface area contributed by atoms with E-state index >= 15 is 0 Å². The van der Waals surface area contributed by atoms with E-state index in [0.29, 0.717) is 17.4 Å². The molecule has 0 saturated heterocycles. The number of rotatable bonds is 59. The SMILES string of the molecule is CC/C=C/C/C=C/CCCCCCCCCC(=O)OC(/C=C\CCCCCCCCCCCC)C(COP(=O)(O)OCC[N+](C)(C)C)NC(=O)CCCCCCCCCCCCCCCCCCCCCCCCC. The molecular formula is C65H126N2O7P+. The number of phosphoric ester groups is 1. The largest absolute Gasteiger partial charge is 0.472 e. The maximum absolute atomic E-state index is 13.6. The molecule has 0 rings (SSSR count). The van der Waals surface area contributed by atoms with Gasteiger partial charge in [0.2, 0.25) is 5.91 Å². The molecule has 1 amide bonds. The van der Waals surface area contributed by atoms with Gasteiger partial charge in [0.05, 0.1) is 33.8 Å². The highest BCUT2D eigenvalue weighted by molar-refractivity contribution is 7.47. The third kappa shape index (κ3) is 56.8. The Kier molecular flexibility index (Phi) is 54.2. The summed E-state index contributed by atoms with van der Waals surface area (Å²) < 4.78 is 30.7. The van der Waals surface area contributed by atoms with E-state index in [1.807, 2.05) is 33.3 Å². The normalized spacial score (nSPS) is 13.9. The van der Waals surface area contributed by atoms with E-state index in [9.17, 15) is 19.0 Å². The molecule has 0 aromatic carbocycles. The molecule has 0 heterocycles. The van der Waals surface area contributed by atoms with Crippen molar-refractivity contribution in [1.82, 2.24) is 5.32 Å². The summed E-state index contributed by atoms with van der Waals surface area (Å²) >= 11 is 0. The fraction of sp³-hybridized carbons (Fsp3) is 0.877. The number of likely N-dealkylation sites (N-methyl/N-ethyl adjacent to an activating group) is 1. The topological polar surface area (TPSA) is 111 Å². The Bertz CT molecular complexity index is 1380. The van der Waals surface area contributed by atoms with Gasteiger partial charge in [0.15, 0.2) is 0 Å². The lowest BCUT2D eigenvalue weighted by Crippen LogP contribution is -2.47. The first-order valence-electron chi connectivity index (χ1n) is 32.3. The minimum absolute atomic E-state index is 0.0412. The molecule has 0 aliphatic heterocycles. The molecule has 10 heteroatoms. The highest BCUT2D eigenvalue weighted by atomic mass is 31.2. The zero-order chi connectivity index (χ0) is 55.0. The maximum Gasteiger partial charge on any atom is 0.472 e. The van der Waals surface area contributed by atoms with Crippen LogP contribution in [0.5, 0.6) is 0 Å². The van der Waals surface area contributed by atoms with Gasteiger partial charge in [0, 0.05) is 12.8 Å². The van der Waals surface area contributed by atoms with Crippen molar-refractivity contribution in [1.29, 1.82) is 0 Å². The van der Waals surface area contributed by atoms with E-state index in [0.717, 1.165) is 83.5 Å². The minimum atomic E-state index is -4.45. The second-order valence-corrected chi connectivity index (χ2v) is 24.7. The lowest BCUT2D eigenvalue weighted by Gasteiger charge is -2.27. The fourth-order valence-corrected chi connectivity index (χ4v) is 10.4. The number of esters is 1. The van der Waals surface area contributed by atoms with E-state index in [1.54, 1.807) is 0 Å². The number of hydrogen-bond donors (Lipinski definition) is 2. The predicted molar refractivity (Wildman–Crippen MR) is 323 cm³/mol. The number of carbonyl (C=O) groups is 2. The number of carbonyl (C=O) groups excluding carboxylic acids is 2. The average Bonchev–Trinajstić information content (AvgIpc) is 3.37. The molecule has 2 N–H and O–H groups in total. The zero-order valence-electron chi connectivity index (χ0n) is 50.6. The molecule has 3 unspecified atom stereocenters. The number of hydrogen-bond acceptors (Lipinski definition) is 6. The van der Waals surface area contributed by atoms with Crippen LogP contribution in [-0.4, -0.2) is 74.3 Å². The van der Waals surface area contributed by atoms with Crippen molar-refractivity contribution in [2.24, 2.45) is 0 Å². The van der Waals surface area contributed by atoms with E-state index < -0.39 is 20.0 Å². The van der Waals surface area contributed by atoms with Gasteiger partial charge in [-0.2, -0.15) is 0 Å². The number of amides is 1. The first-order valence-corrected chi connectivity index (χ1v) is 33.8. The van der Waals surface area contributed by atoms with Crippen molar-refractivity contribution in [3.8, 4) is 0 Å². The molecule has 3 atom stereocenters. The summed E-state index contributed by atoms with van der Waals surface area (Å²) in [5.41, 5.74) is 0. The number of phosphoric acid groups is 1. The molecular weight excluding hydrogens is 952 g/mol. The van der Waals surface area contributed by atoms with E-state index in [-0.39, 0.29) is 31.5 Å². The van der Waals surface area contributed by atoms with E-state index in [1.165, 1.54) is 199 Å². The Labute approximate surface area is 466 Å². The van der Waals surface area contributed by atoms with Crippen LogP contribution in [0.25, 0.3) is 0 Å². The van der Waals surface area contributed by atoms with Crippen LogP contribution in [-0.2, 0) is 27.9 Å². The van der Waals surface area contributed by atoms with Gasteiger partial charge in [-0.25, -0.2) is 4.57 Å². The molecule has 0 aromatic rings. The summed E-state index contributed by atoms with van der Waals surface area (Å²) in [6.45, 7) is 6.94. The van der Waals surface area contributed by atoms with Crippen molar-refractivity contribution >= 4 is 19.7 Å². The van der Waals surface area contributed by atoms with Crippen molar-refractivity contribution in [3.05, 3.63) is 36.5 Å². The molecule has 0 fully saturated rings. The van der Waals surface area contributed by atoms with Crippen molar-refractivity contribution in [3.63, 3.8) is 0 Å². The van der Waals surface area contributed by atoms with Gasteiger partial charge in [-0.05, 0) is 57.4 Å². The molecule has 442 valence electrons. The Hall–Kier alpha value is -1.77. The molecule has 0 spiro atoms. The second kappa shape index (κ2) is 55.5. The monoisotopic (exact) mass is 1080 g/mol. The lowest BCUT2D eigenvalue weighted by molar-refractivity contribution is -0.870. The number of ether oxygens (including phenoxy) is 1. The number of unbranched alkanes of at least 4 members (excludes halogenated alkanes) is 39. The van der Waals surface area contributed by atoms with Gasteiger partial charge in [-0.3, -0.25) is 18.6 Å². The van der Waals surface area contributed by atoms with Crippen molar-refractivity contribution in [2.45, 2.75) is 328 Å². The lowest BCUT2D eigenvalue weighted by atomic mass is 10.0. The Morgan fingerprint density at radius 1 is 0.480 bits per heavy atom. The molecule has 75 heavy (non-hydrogen) atoms. The quantitative estimate of drug-likeness (QED) is 0.0205. The van der Waals surface area contributed by atoms with Crippen molar-refractivity contribution in [2.75, 3.05) is 40.9 Å². The van der Waals surface area contributed by atoms with E-state index in [2.05, 4.69) is 50.4 Å². The van der Waals surface area contributed by atoms with Gasteiger partial charge in [-0.1, -0.05) is 282 Å². The third-order valence-electron chi connectivity index (χ3n) is 14.6. The number of allylic oxidation sites excluding steroid dienone is 5. The molecule has 0 aliphatic rings. The van der Waals surface area contributed by atoms with Crippen LogP contribution in [0.15, 0.2) is 36.5 Å². The highest BCUT2D eigenvalue weighted by Gasteiger charge is 2.30. The zero-order valence-corrected chi connectivity index (χ0v) is 51.5. The summed E-state index contributed by atoms with van der Waals surface area (Å²) in [6.07, 6.45) is 67.2. The van der Waals surface area contributed by atoms with Crippen LogP contribution in [0.2, 0.25) is 0 Å². The van der Waals surface area contributed by atoms with Crippen LogP contribution in [0.3, 0.4) is 0 Å². The van der Waals surface area contributed by atoms with Gasteiger partial charge in [0.25, 0.3) is 0 Å². The summed E-state index contributed by atoms with van der Waals surface area (Å²) in [5.74, 6) is -0.500. The molecule has 0 aliphatic carbocycles. The van der Waals surface area contributed by atoms with E-state index in [4.69, 9.17) is 13.8 Å². The Balaban J connectivity index is 5.10. The van der Waals surface area contributed by atoms with Gasteiger partial charge >= 0.3 is 13.8 Å². The maximum atomic E-state index is 13.6. The molecule has 0 aromatic heterocycles. The molecule has 0 bridgehead atoms. The summed E-state index contributed by atoms with van der Waals surface area (Å²) in [7, 11) is 1.50. The molecule has 9 nitrogen and oxygen atoms in total. The smallest absolute Gasteiger partial charge is 0.456 e. The van der Waals surface area contributed by atoms with Crippen LogP contribution in [0.4, 0.5) is 0 Å². The third-order valence-corrected chi connectivity index (χ3v) is 15.6. The van der Waals surface area contributed by atoms with Gasteiger partial charge < -0.3 is 19.4 Å². The molecule has 0 saturated carbocycles. The fourth-order valence-electron chi connectivity index (χ4n) is 9.63. The first-order chi connectivity index (χ1) is 36.4. The number of quaternary nitrogens is 1. The summed E-state index contributed by atoms with van der Waals surface area (Å²) in [6, 6.07) is -0.847. The number of nitrogens with one attached hydrogen (secondary N) is 1. The summed E-state index contributed by atoms with van der Waals surface area (Å²) in [4.78, 5) is 37.7. The second-order valence-electron chi connectivity index (χ2n) is 23.3. The average molecular weight is 1080 g/mol. The standard InChI is InChI=1S/C65H125N2O7P/c1-7-10-13-16-19-22-25-28-30-31-32-33-34-35-36-37-38-39-42-45-48-51-54-57-64(68)66-62(61-73-75(70,71)72-60-59-67(4,5)6)63(56-53-50-47-44-41-27-24-21-18-15-12-9-3)74-65(69)58-55-52-49-46-43-40-29-26-23-20-17-14-11-8-2/h11,14,20,23,53,56,62-63H,7-10,12-13,15-19,21-22,24-52,54-55,57-61H2,1-6H3,(H-,66,68,70,71)/p+1/b14-11+,23-20+,56-53-. The van der Waals surface area contributed by atoms with Gasteiger partial charge in [-0.15, -0.1) is 0 Å².